The van der Waals surface area contributed by atoms with Crippen molar-refractivity contribution in [3.05, 3.63) is 17.8 Å². The van der Waals surface area contributed by atoms with Crippen molar-refractivity contribution in [1.82, 2.24) is 10.3 Å². The van der Waals surface area contributed by atoms with E-state index in [4.69, 9.17) is 9.15 Å². The van der Waals surface area contributed by atoms with Crippen molar-refractivity contribution in [3.8, 4) is 0 Å². The molecule has 2 fully saturated rings. The van der Waals surface area contributed by atoms with Gasteiger partial charge in [0.1, 0.15) is 5.76 Å². The monoisotopic (exact) mass is 250 g/mol. The van der Waals surface area contributed by atoms with Gasteiger partial charge < -0.3 is 14.5 Å². The van der Waals surface area contributed by atoms with Gasteiger partial charge in [-0.25, -0.2) is 4.98 Å². The van der Waals surface area contributed by atoms with E-state index in [0.29, 0.717) is 5.92 Å². The summed E-state index contributed by atoms with van der Waals surface area (Å²) in [5.41, 5.74) is 1.10. The fraction of sp³-hybridized carbons (Fsp3) is 0.786. The molecular formula is C14H22N2O2. The molecule has 0 amide bonds. The predicted molar refractivity (Wildman–Crippen MR) is 68.3 cm³/mol. The first-order valence-electron chi connectivity index (χ1n) is 7.00. The largest absolute Gasteiger partial charge is 0.448 e. The number of hydrogen-bond acceptors (Lipinski definition) is 4. The number of oxazole rings is 1. The van der Waals surface area contributed by atoms with Gasteiger partial charge in [-0.2, -0.15) is 0 Å². The normalized spacial score (nSPS) is 30.2. The summed E-state index contributed by atoms with van der Waals surface area (Å²) in [5.74, 6) is 3.57. The van der Waals surface area contributed by atoms with Crippen molar-refractivity contribution >= 4 is 0 Å². The van der Waals surface area contributed by atoms with Crippen molar-refractivity contribution in [2.45, 2.75) is 38.1 Å². The van der Waals surface area contributed by atoms with Gasteiger partial charge in [0.15, 0.2) is 6.39 Å². The quantitative estimate of drug-likeness (QED) is 0.787. The Bertz CT molecular complexity index is 391. The SMILES string of the molecule is COCCNCc1ncoc1C1CC2CCC1C2. The molecule has 2 aliphatic rings. The fourth-order valence-electron chi connectivity index (χ4n) is 3.66. The van der Waals surface area contributed by atoms with Crippen molar-refractivity contribution in [2.75, 3.05) is 20.3 Å². The second-order valence-corrected chi connectivity index (χ2v) is 5.61. The van der Waals surface area contributed by atoms with Crippen LogP contribution in [-0.2, 0) is 11.3 Å². The van der Waals surface area contributed by atoms with Crippen LogP contribution in [0.25, 0.3) is 0 Å². The van der Waals surface area contributed by atoms with Gasteiger partial charge in [0.2, 0.25) is 0 Å². The molecule has 3 unspecified atom stereocenters. The minimum Gasteiger partial charge on any atom is -0.448 e. The summed E-state index contributed by atoms with van der Waals surface area (Å²) < 4.78 is 10.7. The summed E-state index contributed by atoms with van der Waals surface area (Å²) >= 11 is 0. The number of ether oxygens (including phenoxy) is 1. The molecule has 100 valence electrons. The molecule has 2 bridgehead atoms. The molecule has 1 heterocycles. The number of nitrogens with one attached hydrogen (secondary N) is 1. The Morgan fingerprint density at radius 1 is 1.44 bits per heavy atom. The Balaban J connectivity index is 1.61. The fourth-order valence-corrected chi connectivity index (χ4v) is 3.66. The Hall–Kier alpha value is -0.870. The van der Waals surface area contributed by atoms with Crippen LogP contribution in [0.3, 0.4) is 0 Å². The summed E-state index contributed by atoms with van der Waals surface area (Å²) in [6, 6.07) is 0. The van der Waals surface area contributed by atoms with Gasteiger partial charge in [0.25, 0.3) is 0 Å². The van der Waals surface area contributed by atoms with E-state index in [2.05, 4.69) is 10.3 Å². The van der Waals surface area contributed by atoms with E-state index in [1.807, 2.05) is 0 Å². The number of methoxy groups -OCH3 is 1. The summed E-state index contributed by atoms with van der Waals surface area (Å²) in [7, 11) is 1.72. The first-order valence-corrected chi connectivity index (χ1v) is 7.00. The van der Waals surface area contributed by atoms with Crippen LogP contribution in [0.1, 0.15) is 43.1 Å². The van der Waals surface area contributed by atoms with Gasteiger partial charge in [-0.05, 0) is 31.1 Å². The lowest BCUT2D eigenvalue weighted by Gasteiger charge is -2.20. The van der Waals surface area contributed by atoms with Crippen LogP contribution in [0.2, 0.25) is 0 Å². The average molecular weight is 250 g/mol. The standard InChI is InChI=1S/C14H22N2O2/c1-17-5-4-15-8-13-14(18-9-16-13)12-7-10-2-3-11(12)6-10/h9-12,15H,2-8H2,1H3. The van der Waals surface area contributed by atoms with E-state index >= 15 is 0 Å². The number of fused-ring (bicyclic) bond motifs is 2. The second-order valence-electron chi connectivity index (χ2n) is 5.61. The Morgan fingerprint density at radius 3 is 3.11 bits per heavy atom. The minimum atomic E-state index is 0.630. The zero-order valence-corrected chi connectivity index (χ0v) is 11.0. The Labute approximate surface area is 108 Å². The third-order valence-electron chi connectivity index (χ3n) is 4.52. The molecule has 2 saturated carbocycles. The second kappa shape index (κ2) is 5.41. The molecule has 4 heteroatoms. The lowest BCUT2D eigenvalue weighted by Crippen LogP contribution is -2.20. The summed E-state index contributed by atoms with van der Waals surface area (Å²) in [4.78, 5) is 4.37. The third-order valence-corrected chi connectivity index (χ3v) is 4.52. The van der Waals surface area contributed by atoms with Gasteiger partial charge in [-0.15, -0.1) is 0 Å². The molecule has 1 aromatic heterocycles. The molecule has 3 atom stereocenters. The maximum absolute atomic E-state index is 5.68. The molecule has 0 saturated heterocycles. The minimum absolute atomic E-state index is 0.630. The van der Waals surface area contributed by atoms with Crippen molar-refractivity contribution in [1.29, 1.82) is 0 Å². The Kier molecular flexibility index (Phi) is 3.66. The molecule has 0 spiro atoms. The first-order chi connectivity index (χ1) is 8.88. The maximum atomic E-state index is 5.68. The highest BCUT2D eigenvalue weighted by Crippen LogP contribution is 2.53. The summed E-state index contributed by atoms with van der Waals surface area (Å²) in [6.45, 7) is 2.39. The van der Waals surface area contributed by atoms with Gasteiger partial charge in [-0.1, -0.05) is 6.42 Å². The highest BCUT2D eigenvalue weighted by atomic mass is 16.5. The molecule has 1 aromatic rings. The zero-order chi connectivity index (χ0) is 12.4. The average Bonchev–Trinajstić information content (AvgIpc) is 3.09. The molecule has 4 nitrogen and oxygen atoms in total. The first kappa shape index (κ1) is 12.2. The molecule has 0 aliphatic heterocycles. The maximum Gasteiger partial charge on any atom is 0.181 e. The van der Waals surface area contributed by atoms with Crippen LogP contribution in [0.4, 0.5) is 0 Å². The number of hydrogen-bond donors (Lipinski definition) is 1. The smallest absolute Gasteiger partial charge is 0.181 e. The van der Waals surface area contributed by atoms with Gasteiger partial charge in [-0.3, -0.25) is 0 Å². The van der Waals surface area contributed by atoms with Crippen LogP contribution < -0.4 is 5.32 Å². The van der Waals surface area contributed by atoms with Crippen LogP contribution >= 0.6 is 0 Å². The van der Waals surface area contributed by atoms with E-state index in [-0.39, 0.29) is 0 Å². The van der Waals surface area contributed by atoms with Crippen LogP contribution in [0.5, 0.6) is 0 Å². The highest BCUT2D eigenvalue weighted by molar-refractivity contribution is 5.17. The predicted octanol–water partition coefficient (Wildman–Crippen LogP) is 2.31. The van der Waals surface area contributed by atoms with Crippen molar-refractivity contribution in [3.63, 3.8) is 0 Å². The highest BCUT2D eigenvalue weighted by Gasteiger charge is 2.42. The molecular weight excluding hydrogens is 228 g/mol. The van der Waals surface area contributed by atoms with Crippen LogP contribution in [0.15, 0.2) is 10.8 Å². The molecule has 2 aliphatic carbocycles. The molecule has 3 rings (SSSR count). The van der Waals surface area contributed by atoms with Crippen molar-refractivity contribution < 1.29 is 9.15 Å². The lowest BCUT2D eigenvalue weighted by atomic mass is 9.86. The lowest BCUT2D eigenvalue weighted by molar-refractivity contribution is 0.199. The van der Waals surface area contributed by atoms with E-state index in [9.17, 15) is 0 Å². The van der Waals surface area contributed by atoms with Gasteiger partial charge in [0.05, 0.1) is 12.3 Å². The van der Waals surface area contributed by atoms with Crippen molar-refractivity contribution in [2.24, 2.45) is 11.8 Å². The van der Waals surface area contributed by atoms with E-state index in [1.54, 1.807) is 13.5 Å². The van der Waals surface area contributed by atoms with Gasteiger partial charge >= 0.3 is 0 Å². The van der Waals surface area contributed by atoms with Crippen LogP contribution in [0, 0.1) is 11.8 Å². The van der Waals surface area contributed by atoms with E-state index in [0.717, 1.165) is 43.0 Å². The summed E-state index contributed by atoms with van der Waals surface area (Å²) in [5, 5.41) is 3.35. The number of aromatic nitrogens is 1. The van der Waals surface area contributed by atoms with E-state index < -0.39 is 0 Å². The number of rotatable bonds is 6. The van der Waals surface area contributed by atoms with Crippen LogP contribution in [-0.4, -0.2) is 25.2 Å². The topological polar surface area (TPSA) is 47.3 Å². The number of nitrogens with zero attached hydrogens (tertiary/aromatic N) is 1. The Morgan fingerprint density at radius 2 is 2.39 bits per heavy atom. The van der Waals surface area contributed by atoms with E-state index in [1.165, 1.54) is 25.7 Å². The molecule has 1 N–H and O–H groups in total. The molecule has 0 aromatic carbocycles. The zero-order valence-electron chi connectivity index (χ0n) is 11.0. The summed E-state index contributed by atoms with van der Waals surface area (Å²) in [6.07, 6.45) is 7.13. The third kappa shape index (κ3) is 2.31. The molecule has 0 radical (unpaired) electrons. The van der Waals surface area contributed by atoms with Gasteiger partial charge in [0, 0.05) is 26.1 Å². The molecule has 18 heavy (non-hydrogen) atoms.